The van der Waals surface area contributed by atoms with Gasteiger partial charge in [-0.05, 0) is 42.2 Å². The minimum Gasteiger partial charge on any atom is -0.457 e. The molecule has 0 radical (unpaired) electrons. The van der Waals surface area contributed by atoms with Gasteiger partial charge in [-0.3, -0.25) is 0 Å². The van der Waals surface area contributed by atoms with E-state index in [9.17, 15) is 0 Å². The molecule has 0 N–H and O–H groups in total. The highest BCUT2D eigenvalue weighted by molar-refractivity contribution is 5.33. The van der Waals surface area contributed by atoms with E-state index in [-0.39, 0.29) is 0 Å². The average molecular weight is 240 g/mol. The van der Waals surface area contributed by atoms with Crippen molar-refractivity contribution in [2.45, 2.75) is 32.6 Å². The van der Waals surface area contributed by atoms with Gasteiger partial charge in [0.15, 0.2) is 0 Å². The van der Waals surface area contributed by atoms with Crippen molar-refractivity contribution in [3.63, 3.8) is 0 Å². The first-order valence-electron chi connectivity index (χ1n) is 6.62. The molecule has 2 rings (SSSR count). The Balaban J connectivity index is 2.04. The van der Waals surface area contributed by atoms with Gasteiger partial charge >= 0.3 is 0 Å². The van der Waals surface area contributed by atoms with Crippen LogP contribution in [0.4, 0.5) is 0 Å². The van der Waals surface area contributed by atoms with E-state index in [1.807, 2.05) is 30.3 Å². The summed E-state index contributed by atoms with van der Waals surface area (Å²) in [7, 11) is 0. The Morgan fingerprint density at radius 3 is 2.11 bits per heavy atom. The number of para-hydroxylation sites is 1. The summed E-state index contributed by atoms with van der Waals surface area (Å²) in [6.45, 7) is 4.50. The molecule has 1 nitrogen and oxygen atoms in total. The Kier molecular flexibility index (Phi) is 4.40. The summed E-state index contributed by atoms with van der Waals surface area (Å²) in [5.74, 6) is 2.40. The quantitative estimate of drug-likeness (QED) is 0.681. The van der Waals surface area contributed by atoms with Gasteiger partial charge in [0.05, 0.1) is 0 Å². The standard InChI is InChI=1S/C17H20O/c1-3-7-14(2)15-10-12-17(13-11-15)18-16-8-5-4-6-9-16/h4-6,8-14H,3,7H2,1-2H3. The lowest BCUT2D eigenvalue weighted by atomic mass is 9.97. The van der Waals surface area contributed by atoms with Gasteiger partial charge in [0.1, 0.15) is 11.5 Å². The first-order chi connectivity index (χ1) is 8.79. The van der Waals surface area contributed by atoms with Crippen LogP contribution in [0.2, 0.25) is 0 Å². The predicted octanol–water partition coefficient (Wildman–Crippen LogP) is 5.38. The molecule has 0 spiro atoms. The topological polar surface area (TPSA) is 9.23 Å². The molecule has 0 aliphatic rings. The molecule has 0 bridgehead atoms. The summed E-state index contributed by atoms with van der Waals surface area (Å²) in [6.07, 6.45) is 2.46. The van der Waals surface area contributed by atoms with Crippen LogP contribution in [-0.2, 0) is 0 Å². The number of hydrogen-bond donors (Lipinski definition) is 0. The maximum absolute atomic E-state index is 5.77. The van der Waals surface area contributed by atoms with E-state index in [4.69, 9.17) is 4.74 Å². The van der Waals surface area contributed by atoms with Crippen molar-refractivity contribution in [2.75, 3.05) is 0 Å². The Labute approximate surface area is 109 Å². The van der Waals surface area contributed by atoms with E-state index >= 15 is 0 Å². The van der Waals surface area contributed by atoms with Crippen molar-refractivity contribution < 1.29 is 4.74 Å². The van der Waals surface area contributed by atoms with Crippen molar-refractivity contribution >= 4 is 0 Å². The zero-order valence-corrected chi connectivity index (χ0v) is 11.1. The molecule has 0 aliphatic carbocycles. The fourth-order valence-electron chi connectivity index (χ4n) is 2.09. The number of ether oxygens (including phenoxy) is 1. The molecule has 0 saturated heterocycles. The van der Waals surface area contributed by atoms with E-state index in [1.54, 1.807) is 0 Å². The van der Waals surface area contributed by atoms with E-state index in [1.165, 1.54) is 18.4 Å². The molecule has 0 aromatic heterocycles. The third-order valence-electron chi connectivity index (χ3n) is 3.15. The first-order valence-corrected chi connectivity index (χ1v) is 6.62. The summed E-state index contributed by atoms with van der Waals surface area (Å²) in [5.41, 5.74) is 1.39. The lowest BCUT2D eigenvalue weighted by Gasteiger charge is -2.11. The normalized spacial score (nSPS) is 12.1. The summed E-state index contributed by atoms with van der Waals surface area (Å²) in [5, 5.41) is 0. The summed E-state index contributed by atoms with van der Waals surface area (Å²) >= 11 is 0. The second-order valence-corrected chi connectivity index (χ2v) is 4.67. The zero-order valence-electron chi connectivity index (χ0n) is 11.1. The van der Waals surface area contributed by atoms with E-state index in [0.717, 1.165) is 11.5 Å². The van der Waals surface area contributed by atoms with Gasteiger partial charge < -0.3 is 4.74 Å². The summed E-state index contributed by atoms with van der Waals surface area (Å²) in [4.78, 5) is 0. The van der Waals surface area contributed by atoms with Crippen molar-refractivity contribution in [2.24, 2.45) is 0 Å². The minimum absolute atomic E-state index is 0.626. The summed E-state index contributed by atoms with van der Waals surface area (Å²) < 4.78 is 5.77. The Hall–Kier alpha value is -1.76. The molecule has 0 heterocycles. The first kappa shape index (κ1) is 12.7. The molecular weight excluding hydrogens is 220 g/mol. The van der Waals surface area contributed by atoms with Crippen molar-refractivity contribution in [1.29, 1.82) is 0 Å². The maximum atomic E-state index is 5.77. The highest BCUT2D eigenvalue weighted by atomic mass is 16.5. The van der Waals surface area contributed by atoms with Gasteiger partial charge in [0.2, 0.25) is 0 Å². The lowest BCUT2D eigenvalue weighted by Crippen LogP contribution is -1.92. The molecule has 2 aromatic rings. The van der Waals surface area contributed by atoms with Crippen LogP contribution in [-0.4, -0.2) is 0 Å². The highest BCUT2D eigenvalue weighted by Crippen LogP contribution is 2.25. The fraction of sp³-hybridized carbons (Fsp3) is 0.294. The highest BCUT2D eigenvalue weighted by Gasteiger charge is 2.04. The lowest BCUT2D eigenvalue weighted by molar-refractivity contribution is 0.482. The molecule has 1 atom stereocenters. The number of benzene rings is 2. The molecule has 2 aromatic carbocycles. The molecule has 0 amide bonds. The Bertz CT molecular complexity index is 459. The third-order valence-corrected chi connectivity index (χ3v) is 3.15. The van der Waals surface area contributed by atoms with Crippen LogP contribution in [0.3, 0.4) is 0 Å². The zero-order chi connectivity index (χ0) is 12.8. The van der Waals surface area contributed by atoms with Crippen LogP contribution in [0.25, 0.3) is 0 Å². The molecule has 18 heavy (non-hydrogen) atoms. The van der Waals surface area contributed by atoms with Gasteiger partial charge in [-0.2, -0.15) is 0 Å². The van der Waals surface area contributed by atoms with Crippen molar-refractivity contribution in [1.82, 2.24) is 0 Å². The Morgan fingerprint density at radius 2 is 1.50 bits per heavy atom. The average Bonchev–Trinajstić information content (AvgIpc) is 2.41. The second-order valence-electron chi connectivity index (χ2n) is 4.67. The van der Waals surface area contributed by atoms with Gasteiger partial charge in [-0.1, -0.05) is 50.6 Å². The van der Waals surface area contributed by atoms with Crippen LogP contribution in [0.5, 0.6) is 11.5 Å². The van der Waals surface area contributed by atoms with E-state index in [2.05, 4.69) is 38.1 Å². The predicted molar refractivity (Wildman–Crippen MR) is 76.3 cm³/mol. The van der Waals surface area contributed by atoms with Crippen LogP contribution in [0.1, 0.15) is 38.2 Å². The molecule has 0 aliphatic heterocycles. The molecular formula is C17H20O. The van der Waals surface area contributed by atoms with Crippen molar-refractivity contribution in [3.05, 3.63) is 60.2 Å². The van der Waals surface area contributed by atoms with Crippen LogP contribution >= 0.6 is 0 Å². The third kappa shape index (κ3) is 3.36. The molecule has 0 fully saturated rings. The van der Waals surface area contributed by atoms with Crippen LogP contribution in [0, 0.1) is 0 Å². The van der Waals surface area contributed by atoms with Gasteiger partial charge in [0, 0.05) is 0 Å². The SMILES string of the molecule is CCCC(C)c1ccc(Oc2ccccc2)cc1. The minimum atomic E-state index is 0.626. The second kappa shape index (κ2) is 6.25. The number of rotatable bonds is 5. The number of hydrogen-bond acceptors (Lipinski definition) is 1. The molecule has 94 valence electrons. The monoisotopic (exact) mass is 240 g/mol. The van der Waals surface area contributed by atoms with Gasteiger partial charge in [-0.15, -0.1) is 0 Å². The molecule has 1 heteroatoms. The van der Waals surface area contributed by atoms with Crippen LogP contribution < -0.4 is 4.74 Å². The largest absolute Gasteiger partial charge is 0.457 e. The molecule has 1 unspecified atom stereocenters. The van der Waals surface area contributed by atoms with Gasteiger partial charge in [0.25, 0.3) is 0 Å². The Morgan fingerprint density at radius 1 is 0.889 bits per heavy atom. The summed E-state index contributed by atoms with van der Waals surface area (Å²) in [6, 6.07) is 18.3. The maximum Gasteiger partial charge on any atom is 0.127 e. The smallest absolute Gasteiger partial charge is 0.127 e. The fourth-order valence-corrected chi connectivity index (χ4v) is 2.09. The van der Waals surface area contributed by atoms with Gasteiger partial charge in [-0.25, -0.2) is 0 Å². The van der Waals surface area contributed by atoms with E-state index in [0.29, 0.717) is 5.92 Å². The molecule has 0 saturated carbocycles. The van der Waals surface area contributed by atoms with Crippen molar-refractivity contribution in [3.8, 4) is 11.5 Å². The van der Waals surface area contributed by atoms with Crippen LogP contribution in [0.15, 0.2) is 54.6 Å². The van der Waals surface area contributed by atoms with E-state index < -0.39 is 0 Å².